The van der Waals surface area contributed by atoms with E-state index in [4.69, 9.17) is 0 Å². The molecule has 1 saturated carbocycles. The number of hydrogen-bond acceptors (Lipinski definition) is 5. The van der Waals surface area contributed by atoms with Gasteiger partial charge in [0.05, 0.1) is 11.4 Å². The summed E-state index contributed by atoms with van der Waals surface area (Å²) in [6, 6.07) is 6.81. The average Bonchev–Trinajstić information content (AvgIpc) is 3.10. The van der Waals surface area contributed by atoms with Crippen molar-refractivity contribution in [3.05, 3.63) is 24.3 Å². The summed E-state index contributed by atoms with van der Waals surface area (Å²) in [6.45, 7) is 0.902. The third-order valence-electron chi connectivity index (χ3n) is 3.36. The lowest BCUT2D eigenvalue weighted by Gasteiger charge is -2.08. The van der Waals surface area contributed by atoms with Crippen LogP contribution in [0.4, 0.5) is 5.69 Å². The molecule has 102 valence electrons. The van der Waals surface area contributed by atoms with Crippen molar-refractivity contribution in [2.24, 2.45) is 10.9 Å². The highest BCUT2D eigenvalue weighted by Gasteiger charge is 2.35. The van der Waals surface area contributed by atoms with Crippen LogP contribution in [0.1, 0.15) is 12.8 Å². The normalized spacial score (nSPS) is 23.2. The molecule has 1 N–H and O–H groups in total. The van der Waals surface area contributed by atoms with Crippen molar-refractivity contribution in [1.82, 2.24) is 0 Å². The molecular formula is C13H16N2O2S2. The van der Waals surface area contributed by atoms with Gasteiger partial charge in [-0.1, -0.05) is 11.8 Å². The van der Waals surface area contributed by atoms with E-state index in [1.165, 1.54) is 19.1 Å². The number of rotatable bonds is 3. The van der Waals surface area contributed by atoms with Crippen molar-refractivity contribution in [2.45, 2.75) is 23.0 Å². The number of benzene rings is 1. The molecule has 1 heterocycles. The van der Waals surface area contributed by atoms with E-state index < -0.39 is 9.84 Å². The Morgan fingerprint density at radius 1 is 1.26 bits per heavy atom. The standard InChI is InChI=1S/C13H16N2O2S2/c1-19(16,17)11-6-4-10(5-7-11)15-13-14-8-12(18-13)9-2-3-9/h4-7,9,12H,2-3,8H2,1H3,(H,14,15). The Balaban J connectivity index is 1.64. The molecule has 1 atom stereocenters. The van der Waals surface area contributed by atoms with Crippen molar-refractivity contribution in [3.63, 3.8) is 0 Å². The van der Waals surface area contributed by atoms with Crippen LogP contribution in [0.2, 0.25) is 0 Å². The summed E-state index contributed by atoms with van der Waals surface area (Å²) in [5.41, 5.74) is 0.884. The van der Waals surface area contributed by atoms with E-state index in [9.17, 15) is 8.42 Å². The second kappa shape index (κ2) is 4.83. The van der Waals surface area contributed by atoms with E-state index in [-0.39, 0.29) is 0 Å². The van der Waals surface area contributed by atoms with E-state index in [0.29, 0.717) is 10.1 Å². The van der Waals surface area contributed by atoms with Crippen LogP contribution >= 0.6 is 11.8 Å². The molecule has 1 aliphatic carbocycles. The SMILES string of the molecule is CS(=O)(=O)c1ccc(NC2=NCC(C3CC3)S2)cc1. The first kappa shape index (κ1) is 13.0. The van der Waals surface area contributed by atoms with E-state index >= 15 is 0 Å². The number of hydrogen-bond donors (Lipinski definition) is 1. The van der Waals surface area contributed by atoms with Crippen molar-refractivity contribution in [3.8, 4) is 0 Å². The number of sulfone groups is 1. The molecule has 1 aliphatic heterocycles. The Kier molecular flexibility index (Phi) is 3.30. The first-order valence-electron chi connectivity index (χ1n) is 6.30. The lowest BCUT2D eigenvalue weighted by atomic mass is 10.3. The summed E-state index contributed by atoms with van der Waals surface area (Å²) in [7, 11) is -3.12. The minimum absolute atomic E-state index is 0.343. The van der Waals surface area contributed by atoms with Gasteiger partial charge in [-0.25, -0.2) is 8.42 Å². The van der Waals surface area contributed by atoms with Gasteiger partial charge >= 0.3 is 0 Å². The van der Waals surface area contributed by atoms with Crippen LogP contribution < -0.4 is 5.32 Å². The predicted octanol–water partition coefficient (Wildman–Crippen LogP) is 2.38. The van der Waals surface area contributed by atoms with Gasteiger partial charge in [-0.05, 0) is 43.0 Å². The molecule has 1 aromatic rings. The molecule has 0 aromatic heterocycles. The molecule has 19 heavy (non-hydrogen) atoms. The molecule has 3 rings (SSSR count). The lowest BCUT2D eigenvalue weighted by Crippen LogP contribution is -2.09. The Morgan fingerprint density at radius 3 is 2.53 bits per heavy atom. The molecule has 1 aromatic carbocycles. The number of thioether (sulfide) groups is 1. The highest BCUT2D eigenvalue weighted by atomic mass is 32.2. The molecule has 0 bridgehead atoms. The summed E-state index contributed by atoms with van der Waals surface area (Å²) >= 11 is 1.81. The topological polar surface area (TPSA) is 58.5 Å². The van der Waals surface area contributed by atoms with Crippen LogP contribution in [0, 0.1) is 5.92 Å². The second-order valence-corrected chi connectivity index (χ2v) is 8.30. The van der Waals surface area contributed by atoms with Gasteiger partial charge in [-0.2, -0.15) is 0 Å². The molecule has 0 spiro atoms. The van der Waals surface area contributed by atoms with Crippen LogP contribution in [0.15, 0.2) is 34.2 Å². The summed E-state index contributed by atoms with van der Waals surface area (Å²) < 4.78 is 22.7. The van der Waals surface area contributed by atoms with Gasteiger partial charge in [0.2, 0.25) is 0 Å². The van der Waals surface area contributed by atoms with Gasteiger partial charge in [-0.3, -0.25) is 4.99 Å². The van der Waals surface area contributed by atoms with Crippen LogP contribution in [0.3, 0.4) is 0 Å². The number of nitrogens with one attached hydrogen (secondary N) is 1. The number of nitrogens with zero attached hydrogens (tertiary/aromatic N) is 1. The summed E-state index contributed by atoms with van der Waals surface area (Å²) in [5.74, 6) is 0.848. The fourth-order valence-corrected chi connectivity index (χ4v) is 3.94. The van der Waals surface area contributed by atoms with Crippen molar-refractivity contribution < 1.29 is 8.42 Å². The van der Waals surface area contributed by atoms with E-state index in [1.807, 2.05) is 0 Å². The zero-order valence-electron chi connectivity index (χ0n) is 10.7. The lowest BCUT2D eigenvalue weighted by molar-refractivity contribution is 0.602. The Morgan fingerprint density at radius 2 is 1.95 bits per heavy atom. The van der Waals surface area contributed by atoms with E-state index in [2.05, 4.69) is 10.3 Å². The van der Waals surface area contributed by atoms with Gasteiger partial charge in [0, 0.05) is 17.2 Å². The summed E-state index contributed by atoms with van der Waals surface area (Å²) in [5, 5.41) is 4.84. The van der Waals surface area contributed by atoms with Gasteiger partial charge in [0.25, 0.3) is 0 Å². The Labute approximate surface area is 117 Å². The highest BCUT2D eigenvalue weighted by Crippen LogP contribution is 2.41. The molecule has 4 nitrogen and oxygen atoms in total. The molecule has 6 heteroatoms. The second-order valence-electron chi connectivity index (χ2n) is 5.06. The van der Waals surface area contributed by atoms with Crippen LogP contribution in [-0.4, -0.2) is 31.6 Å². The monoisotopic (exact) mass is 296 g/mol. The zero-order chi connectivity index (χ0) is 13.5. The van der Waals surface area contributed by atoms with Gasteiger partial charge in [0.1, 0.15) is 0 Å². The number of anilines is 1. The maximum Gasteiger partial charge on any atom is 0.175 e. The first-order chi connectivity index (χ1) is 9.02. The fraction of sp³-hybridized carbons (Fsp3) is 0.462. The van der Waals surface area contributed by atoms with Gasteiger partial charge in [0.15, 0.2) is 15.0 Å². The molecule has 2 aliphatic rings. The quantitative estimate of drug-likeness (QED) is 0.930. The van der Waals surface area contributed by atoms with E-state index in [1.54, 1.807) is 36.0 Å². The molecule has 0 radical (unpaired) electrons. The van der Waals surface area contributed by atoms with Crippen LogP contribution in [-0.2, 0) is 9.84 Å². The predicted molar refractivity (Wildman–Crippen MR) is 79.6 cm³/mol. The van der Waals surface area contributed by atoms with Gasteiger partial charge in [-0.15, -0.1) is 0 Å². The first-order valence-corrected chi connectivity index (χ1v) is 9.08. The maximum atomic E-state index is 11.4. The minimum atomic E-state index is -3.12. The van der Waals surface area contributed by atoms with Gasteiger partial charge < -0.3 is 5.32 Å². The molecular weight excluding hydrogens is 280 g/mol. The highest BCUT2D eigenvalue weighted by molar-refractivity contribution is 8.15. The van der Waals surface area contributed by atoms with Crippen molar-refractivity contribution in [1.29, 1.82) is 0 Å². The largest absolute Gasteiger partial charge is 0.335 e. The maximum absolute atomic E-state index is 11.4. The molecule has 1 fully saturated rings. The third kappa shape index (κ3) is 3.12. The molecule has 1 unspecified atom stereocenters. The minimum Gasteiger partial charge on any atom is -0.335 e. The van der Waals surface area contributed by atoms with E-state index in [0.717, 1.165) is 23.3 Å². The van der Waals surface area contributed by atoms with Crippen molar-refractivity contribution >= 4 is 32.5 Å². The zero-order valence-corrected chi connectivity index (χ0v) is 12.3. The average molecular weight is 296 g/mol. The van der Waals surface area contributed by atoms with Crippen LogP contribution in [0.5, 0.6) is 0 Å². The van der Waals surface area contributed by atoms with Crippen molar-refractivity contribution in [2.75, 3.05) is 18.1 Å². The fourth-order valence-electron chi connectivity index (χ4n) is 2.08. The van der Waals surface area contributed by atoms with Crippen LogP contribution in [0.25, 0.3) is 0 Å². The molecule has 0 amide bonds. The Bertz CT molecular complexity index is 604. The number of aliphatic imine (C=N–C) groups is 1. The smallest absolute Gasteiger partial charge is 0.175 e. The summed E-state index contributed by atoms with van der Waals surface area (Å²) in [6.07, 6.45) is 3.89. The number of amidine groups is 1. The molecule has 0 saturated heterocycles. The Hall–Kier alpha value is -1.01. The summed E-state index contributed by atoms with van der Waals surface area (Å²) in [4.78, 5) is 4.84. The third-order valence-corrected chi connectivity index (χ3v) is 5.78.